The molecule has 2 atom stereocenters. The zero-order valence-electron chi connectivity index (χ0n) is 11.0. The Labute approximate surface area is 94.3 Å². The summed E-state index contributed by atoms with van der Waals surface area (Å²) in [6.45, 7) is 14.2. The predicted molar refractivity (Wildman–Crippen MR) is 64.5 cm³/mol. The first-order chi connectivity index (χ1) is 7.02. The van der Waals surface area contributed by atoms with Crippen LogP contribution < -0.4 is 0 Å². The Hall–Kier alpha value is -0.660. The maximum Gasteiger partial charge on any atom is 0.120 e. The van der Waals surface area contributed by atoms with Crippen LogP contribution in [0, 0.1) is 5.92 Å². The van der Waals surface area contributed by atoms with Gasteiger partial charge in [-0.1, -0.05) is 13.8 Å². The van der Waals surface area contributed by atoms with Gasteiger partial charge in [0.15, 0.2) is 0 Å². The lowest BCUT2D eigenvalue weighted by Gasteiger charge is -2.27. The molecule has 1 rings (SSSR count). The topological polar surface area (TPSA) is 12.5 Å². The molecule has 0 bridgehead atoms. The fourth-order valence-electron chi connectivity index (χ4n) is 2.66. The van der Waals surface area contributed by atoms with E-state index in [0.29, 0.717) is 12.0 Å². The maximum atomic E-state index is 5.94. The molecule has 2 heteroatoms. The molecular weight excluding hydrogens is 186 g/mol. The predicted octanol–water partition coefficient (Wildman–Crippen LogP) is 3.39. The van der Waals surface area contributed by atoms with E-state index in [1.165, 1.54) is 17.9 Å². The zero-order chi connectivity index (χ0) is 11.6. The van der Waals surface area contributed by atoms with Crippen molar-refractivity contribution in [3.05, 3.63) is 11.5 Å². The lowest BCUT2D eigenvalue weighted by atomic mass is 10.0. The van der Waals surface area contributed by atoms with Crippen LogP contribution in [0.4, 0.5) is 0 Å². The summed E-state index contributed by atoms with van der Waals surface area (Å²) in [5.74, 6) is 1.75. The second kappa shape index (κ2) is 4.91. The Morgan fingerprint density at radius 3 is 2.27 bits per heavy atom. The highest BCUT2D eigenvalue weighted by Crippen LogP contribution is 2.36. The molecule has 1 aliphatic rings. The molecular formula is C13H25NO. The molecule has 2 nitrogen and oxygen atoms in total. The number of hydrogen-bond donors (Lipinski definition) is 0. The van der Waals surface area contributed by atoms with E-state index in [0.717, 1.165) is 6.54 Å². The quantitative estimate of drug-likeness (QED) is 0.706. The third kappa shape index (κ3) is 2.30. The summed E-state index contributed by atoms with van der Waals surface area (Å²) in [7, 11) is 0. The first kappa shape index (κ1) is 12.4. The van der Waals surface area contributed by atoms with Crippen LogP contribution in [-0.2, 0) is 4.74 Å². The Morgan fingerprint density at radius 1 is 1.33 bits per heavy atom. The van der Waals surface area contributed by atoms with Gasteiger partial charge in [-0.25, -0.2) is 0 Å². The fraction of sp³-hybridized carbons (Fsp3) is 0.846. The Morgan fingerprint density at radius 2 is 1.93 bits per heavy atom. The molecule has 0 aliphatic carbocycles. The second-order valence-electron chi connectivity index (χ2n) is 4.67. The minimum Gasteiger partial charge on any atom is -0.493 e. The third-order valence-corrected chi connectivity index (χ3v) is 3.30. The lowest BCUT2D eigenvalue weighted by Crippen LogP contribution is -2.32. The van der Waals surface area contributed by atoms with Crippen molar-refractivity contribution < 1.29 is 4.74 Å². The fourth-order valence-corrected chi connectivity index (χ4v) is 2.66. The van der Waals surface area contributed by atoms with Crippen molar-refractivity contribution in [1.29, 1.82) is 0 Å². The Kier molecular flexibility index (Phi) is 4.06. The van der Waals surface area contributed by atoms with E-state index in [2.05, 4.69) is 46.4 Å². The van der Waals surface area contributed by atoms with Crippen LogP contribution in [0.1, 0.15) is 48.0 Å². The van der Waals surface area contributed by atoms with E-state index in [1.54, 1.807) is 0 Å². The molecule has 0 N–H and O–H groups in total. The van der Waals surface area contributed by atoms with Crippen LogP contribution in [0.15, 0.2) is 11.5 Å². The third-order valence-electron chi connectivity index (χ3n) is 3.30. The van der Waals surface area contributed by atoms with Crippen LogP contribution in [0.2, 0.25) is 0 Å². The summed E-state index contributed by atoms with van der Waals surface area (Å²) in [6.07, 6.45) is 1.48. The molecule has 0 fully saturated rings. The summed E-state index contributed by atoms with van der Waals surface area (Å²) in [6, 6.07) is 0.628. The Bertz CT molecular complexity index is 245. The molecule has 0 aromatic carbocycles. The van der Waals surface area contributed by atoms with Gasteiger partial charge in [0.05, 0.1) is 6.10 Å². The average molecular weight is 211 g/mol. The van der Waals surface area contributed by atoms with E-state index >= 15 is 0 Å². The zero-order valence-corrected chi connectivity index (χ0v) is 11.0. The summed E-state index contributed by atoms with van der Waals surface area (Å²) in [5.41, 5.74) is 1.34. The minimum absolute atomic E-state index is 0.284. The molecule has 0 saturated heterocycles. The smallest absolute Gasteiger partial charge is 0.120 e. The van der Waals surface area contributed by atoms with Gasteiger partial charge in [0, 0.05) is 24.2 Å². The molecule has 88 valence electrons. The van der Waals surface area contributed by atoms with Crippen molar-refractivity contribution >= 4 is 0 Å². The average Bonchev–Trinajstić information content (AvgIpc) is 2.40. The van der Waals surface area contributed by atoms with Gasteiger partial charge in [0.1, 0.15) is 5.76 Å². The van der Waals surface area contributed by atoms with Gasteiger partial charge in [-0.2, -0.15) is 0 Å². The van der Waals surface area contributed by atoms with Crippen LogP contribution in [0.3, 0.4) is 0 Å². The van der Waals surface area contributed by atoms with Gasteiger partial charge < -0.3 is 9.64 Å². The van der Waals surface area contributed by atoms with E-state index < -0.39 is 0 Å². The van der Waals surface area contributed by atoms with Crippen molar-refractivity contribution in [3.8, 4) is 0 Å². The van der Waals surface area contributed by atoms with E-state index in [1.807, 2.05) is 0 Å². The molecule has 1 aliphatic heterocycles. The molecule has 15 heavy (non-hydrogen) atoms. The number of hydrogen-bond acceptors (Lipinski definition) is 2. The van der Waals surface area contributed by atoms with Crippen molar-refractivity contribution in [2.45, 2.75) is 60.1 Å². The number of rotatable bonds is 4. The molecule has 0 saturated carbocycles. The van der Waals surface area contributed by atoms with Crippen molar-refractivity contribution in [2.24, 2.45) is 5.92 Å². The molecule has 1 unspecified atom stereocenters. The van der Waals surface area contributed by atoms with Gasteiger partial charge in [0.25, 0.3) is 0 Å². The largest absolute Gasteiger partial charge is 0.493 e. The van der Waals surface area contributed by atoms with Crippen molar-refractivity contribution in [2.75, 3.05) is 6.54 Å². The maximum absolute atomic E-state index is 5.94. The van der Waals surface area contributed by atoms with Gasteiger partial charge in [0.2, 0.25) is 0 Å². The van der Waals surface area contributed by atoms with Crippen LogP contribution in [0.25, 0.3) is 0 Å². The van der Waals surface area contributed by atoms with Gasteiger partial charge in [-0.3, -0.25) is 0 Å². The summed E-state index contributed by atoms with van der Waals surface area (Å²) in [5, 5.41) is 0. The summed E-state index contributed by atoms with van der Waals surface area (Å²) < 4.78 is 5.94. The van der Waals surface area contributed by atoms with Gasteiger partial charge >= 0.3 is 0 Å². The highest BCUT2D eigenvalue weighted by Gasteiger charge is 2.35. The van der Waals surface area contributed by atoms with Crippen LogP contribution in [0.5, 0.6) is 0 Å². The molecule has 0 radical (unpaired) electrons. The van der Waals surface area contributed by atoms with E-state index in [9.17, 15) is 0 Å². The number of allylic oxidation sites excluding steroid dienone is 1. The molecule has 1 heterocycles. The van der Waals surface area contributed by atoms with Gasteiger partial charge in [-0.05, 0) is 34.1 Å². The van der Waals surface area contributed by atoms with Crippen molar-refractivity contribution in [3.63, 3.8) is 0 Å². The lowest BCUT2D eigenvalue weighted by molar-refractivity contribution is 0.120. The SMILES string of the molecule is CCC1[C@@H](C)C(OC(C)C)=C(C)N1CC. The van der Waals surface area contributed by atoms with Crippen LogP contribution in [-0.4, -0.2) is 23.6 Å². The standard InChI is InChI=1S/C13H25NO/c1-7-12-10(5)13(15-9(3)4)11(6)14(12)8-2/h9-10,12H,7-8H2,1-6H3/t10-,12?/m1/s1. The van der Waals surface area contributed by atoms with Gasteiger partial charge in [-0.15, -0.1) is 0 Å². The molecule has 0 aromatic rings. The molecule has 0 aromatic heterocycles. The van der Waals surface area contributed by atoms with Crippen LogP contribution >= 0.6 is 0 Å². The highest BCUT2D eigenvalue weighted by atomic mass is 16.5. The first-order valence-electron chi connectivity index (χ1n) is 6.16. The van der Waals surface area contributed by atoms with E-state index in [4.69, 9.17) is 4.74 Å². The van der Waals surface area contributed by atoms with E-state index in [-0.39, 0.29) is 6.10 Å². The molecule has 0 amide bonds. The number of ether oxygens (including phenoxy) is 1. The Balaban J connectivity index is 2.88. The summed E-state index contributed by atoms with van der Waals surface area (Å²) in [4.78, 5) is 2.47. The minimum atomic E-state index is 0.284. The molecule has 0 spiro atoms. The second-order valence-corrected chi connectivity index (χ2v) is 4.67. The highest BCUT2D eigenvalue weighted by molar-refractivity contribution is 5.18. The monoisotopic (exact) mass is 211 g/mol. The number of nitrogens with zero attached hydrogens (tertiary/aromatic N) is 1. The van der Waals surface area contributed by atoms with Crippen molar-refractivity contribution in [1.82, 2.24) is 4.90 Å². The summed E-state index contributed by atoms with van der Waals surface area (Å²) >= 11 is 0. The normalized spacial score (nSPS) is 26.7. The first-order valence-corrected chi connectivity index (χ1v) is 6.16.